The first-order valence-corrected chi connectivity index (χ1v) is 4.14. The molecule has 0 aromatic heterocycles. The van der Waals surface area contributed by atoms with Crippen molar-refractivity contribution in [3.63, 3.8) is 0 Å². The molecule has 1 atom stereocenters. The minimum Gasteiger partial charge on any atom is -0.474 e. The molecule has 0 fully saturated rings. The zero-order chi connectivity index (χ0) is 8.81. The van der Waals surface area contributed by atoms with Gasteiger partial charge in [-0.15, -0.1) is 0 Å². The van der Waals surface area contributed by atoms with Crippen LogP contribution in [0.1, 0.15) is 5.56 Å². The van der Waals surface area contributed by atoms with E-state index in [4.69, 9.17) is 5.11 Å². The van der Waals surface area contributed by atoms with Crippen LogP contribution in [0, 0.1) is 7.05 Å². The lowest BCUT2D eigenvalue weighted by Crippen LogP contribution is -2.85. The number of rotatable bonds is 4. The Morgan fingerprint density at radius 1 is 1.33 bits per heavy atom. The van der Waals surface area contributed by atoms with Crippen LogP contribution in [0.2, 0.25) is 0 Å². The minimum atomic E-state index is 0.179. The van der Waals surface area contributed by atoms with E-state index in [-0.39, 0.29) is 12.6 Å². The molecule has 0 radical (unpaired) electrons. The van der Waals surface area contributed by atoms with Crippen molar-refractivity contribution in [3.8, 4) is 0 Å². The van der Waals surface area contributed by atoms with Gasteiger partial charge >= 0.3 is 0 Å². The van der Waals surface area contributed by atoms with Gasteiger partial charge in [-0.3, -0.25) is 0 Å². The van der Waals surface area contributed by atoms with Crippen molar-refractivity contribution in [3.05, 3.63) is 42.9 Å². The van der Waals surface area contributed by atoms with Crippen molar-refractivity contribution in [2.24, 2.45) is 0 Å². The van der Waals surface area contributed by atoms with Crippen LogP contribution in [0.5, 0.6) is 0 Å². The molecule has 1 rings (SSSR count). The van der Waals surface area contributed by atoms with E-state index in [9.17, 15) is 0 Å². The summed E-state index contributed by atoms with van der Waals surface area (Å²) in [7, 11) is 3.67. The van der Waals surface area contributed by atoms with Gasteiger partial charge in [0.05, 0.1) is 12.6 Å². The molecule has 0 saturated heterocycles. The van der Waals surface area contributed by atoms with Crippen molar-refractivity contribution < 1.29 is 10.4 Å². The van der Waals surface area contributed by atoms with Crippen LogP contribution >= 0.6 is 0 Å². The fourth-order valence-corrected chi connectivity index (χ4v) is 1.14. The Kier molecular flexibility index (Phi) is 3.77. The van der Waals surface area contributed by atoms with E-state index >= 15 is 0 Å². The molecule has 2 heteroatoms. The second-order valence-electron chi connectivity index (χ2n) is 2.87. The van der Waals surface area contributed by atoms with Gasteiger partial charge in [0.15, 0.2) is 0 Å². The highest BCUT2D eigenvalue weighted by atomic mass is 16.3. The zero-order valence-electron chi connectivity index (χ0n) is 7.11. The monoisotopic (exact) mass is 165 g/mol. The number of hydrogen-bond donors (Lipinski definition) is 2. The number of hydrogen-bond acceptors (Lipinski definition) is 1. The fraction of sp³-hybridized carbons (Fsp3) is 0.300. The minimum absolute atomic E-state index is 0.179. The van der Waals surface area contributed by atoms with E-state index in [1.165, 1.54) is 5.56 Å². The SMILES string of the molecule is [CH2-][NH2+][C@H](CO)Cc1ccccc1. The van der Waals surface area contributed by atoms with Gasteiger partial charge in [0.25, 0.3) is 0 Å². The smallest absolute Gasteiger partial charge is 0.0931 e. The second-order valence-corrected chi connectivity index (χ2v) is 2.87. The number of benzene rings is 1. The molecule has 3 N–H and O–H groups in total. The molecule has 0 amide bonds. The average molecular weight is 165 g/mol. The van der Waals surface area contributed by atoms with Crippen LogP contribution in [0.4, 0.5) is 0 Å². The van der Waals surface area contributed by atoms with Gasteiger partial charge in [0.2, 0.25) is 0 Å². The fourth-order valence-electron chi connectivity index (χ4n) is 1.14. The predicted molar refractivity (Wildman–Crippen MR) is 48.3 cm³/mol. The summed E-state index contributed by atoms with van der Waals surface area (Å²) in [5.74, 6) is 0. The Morgan fingerprint density at radius 2 is 2.00 bits per heavy atom. The van der Waals surface area contributed by atoms with Crippen LogP contribution in [0.15, 0.2) is 30.3 Å². The lowest BCUT2D eigenvalue weighted by Gasteiger charge is -2.13. The molecule has 0 bridgehead atoms. The van der Waals surface area contributed by atoms with Crippen molar-refractivity contribution in [2.75, 3.05) is 6.61 Å². The first-order valence-electron chi connectivity index (χ1n) is 4.14. The summed E-state index contributed by atoms with van der Waals surface area (Å²) in [6.07, 6.45) is 0.876. The van der Waals surface area contributed by atoms with Crippen LogP contribution in [-0.4, -0.2) is 17.8 Å². The van der Waals surface area contributed by atoms with E-state index in [0.29, 0.717) is 0 Å². The van der Waals surface area contributed by atoms with Crippen molar-refractivity contribution in [1.82, 2.24) is 0 Å². The zero-order valence-corrected chi connectivity index (χ0v) is 7.11. The van der Waals surface area contributed by atoms with E-state index in [2.05, 4.69) is 19.2 Å². The quantitative estimate of drug-likeness (QED) is 0.603. The van der Waals surface area contributed by atoms with Gasteiger partial charge in [0.1, 0.15) is 0 Å². The largest absolute Gasteiger partial charge is 0.474 e. The summed E-state index contributed by atoms with van der Waals surface area (Å²) in [6, 6.07) is 10.3. The number of aliphatic hydroxyl groups is 1. The highest BCUT2D eigenvalue weighted by Crippen LogP contribution is 2.00. The van der Waals surface area contributed by atoms with Gasteiger partial charge in [-0.05, 0) is 5.56 Å². The Morgan fingerprint density at radius 3 is 2.50 bits per heavy atom. The molecule has 66 valence electrons. The summed E-state index contributed by atoms with van der Waals surface area (Å²) in [5.41, 5.74) is 1.25. The third kappa shape index (κ3) is 2.64. The standard InChI is InChI=1S/C10H15NO/c1-11-10(8-12)7-9-5-3-2-4-6-9/h2-6,10,12H,1,7-8,11H2/t10-/m0/s1. The van der Waals surface area contributed by atoms with Crippen molar-refractivity contribution in [2.45, 2.75) is 12.5 Å². The normalized spacial score (nSPS) is 12.8. The summed E-state index contributed by atoms with van der Waals surface area (Å²) in [5, 5.41) is 10.7. The lowest BCUT2D eigenvalue weighted by atomic mass is 10.1. The molecule has 0 spiro atoms. The second kappa shape index (κ2) is 4.91. The van der Waals surface area contributed by atoms with Crippen LogP contribution in [0.3, 0.4) is 0 Å². The maximum absolute atomic E-state index is 8.92. The first kappa shape index (κ1) is 9.23. The summed E-state index contributed by atoms with van der Waals surface area (Å²) < 4.78 is 0. The highest BCUT2D eigenvalue weighted by Gasteiger charge is 2.05. The van der Waals surface area contributed by atoms with Gasteiger partial charge in [-0.1, -0.05) is 30.3 Å². The molecular formula is C10H15NO. The van der Waals surface area contributed by atoms with Gasteiger partial charge < -0.3 is 10.4 Å². The molecule has 1 aromatic rings. The van der Waals surface area contributed by atoms with E-state index in [1.54, 1.807) is 5.32 Å². The summed E-state index contributed by atoms with van der Waals surface area (Å²) in [4.78, 5) is 0. The van der Waals surface area contributed by atoms with Gasteiger partial charge in [-0.25, -0.2) is 0 Å². The summed E-state index contributed by atoms with van der Waals surface area (Å²) in [6.45, 7) is 0.179. The third-order valence-electron chi connectivity index (χ3n) is 1.91. The molecule has 0 unspecified atom stereocenters. The molecule has 0 heterocycles. The predicted octanol–water partition coefficient (Wildman–Crippen LogP) is -0.0550. The highest BCUT2D eigenvalue weighted by molar-refractivity contribution is 5.15. The van der Waals surface area contributed by atoms with Crippen molar-refractivity contribution >= 4 is 0 Å². The Hall–Kier alpha value is -0.860. The summed E-state index contributed by atoms with van der Waals surface area (Å²) >= 11 is 0. The number of aliphatic hydroxyl groups excluding tert-OH is 1. The Bertz CT molecular complexity index is 206. The molecule has 0 aliphatic carbocycles. The molecule has 0 aliphatic rings. The number of nitrogens with two attached hydrogens (primary N) is 1. The van der Waals surface area contributed by atoms with Crippen LogP contribution in [0.25, 0.3) is 0 Å². The molecule has 12 heavy (non-hydrogen) atoms. The molecule has 1 aromatic carbocycles. The van der Waals surface area contributed by atoms with Crippen LogP contribution in [-0.2, 0) is 6.42 Å². The van der Waals surface area contributed by atoms with Gasteiger partial charge in [0, 0.05) is 6.42 Å². The third-order valence-corrected chi connectivity index (χ3v) is 1.91. The molecular weight excluding hydrogens is 150 g/mol. The first-order chi connectivity index (χ1) is 5.86. The van der Waals surface area contributed by atoms with E-state index in [0.717, 1.165) is 6.42 Å². The molecule has 2 nitrogen and oxygen atoms in total. The maximum atomic E-state index is 8.92. The van der Waals surface area contributed by atoms with Gasteiger partial charge in [-0.2, -0.15) is 7.05 Å². The number of quaternary nitrogens is 1. The van der Waals surface area contributed by atoms with E-state index < -0.39 is 0 Å². The Labute approximate surface area is 73.2 Å². The Balaban J connectivity index is 2.51. The maximum Gasteiger partial charge on any atom is 0.0931 e. The van der Waals surface area contributed by atoms with E-state index in [1.807, 2.05) is 18.2 Å². The topological polar surface area (TPSA) is 36.8 Å². The van der Waals surface area contributed by atoms with Crippen LogP contribution < -0.4 is 5.32 Å². The van der Waals surface area contributed by atoms with Crippen molar-refractivity contribution in [1.29, 1.82) is 0 Å². The average Bonchev–Trinajstić information content (AvgIpc) is 2.16. The lowest BCUT2D eigenvalue weighted by molar-refractivity contribution is -0.635. The molecule has 0 saturated carbocycles. The molecule has 0 aliphatic heterocycles.